The molecule has 0 bridgehead atoms. The molecular weight excluding hydrogens is 372 g/mol. The first-order valence-electron chi connectivity index (χ1n) is 12.1. The van der Waals surface area contributed by atoms with Crippen molar-refractivity contribution >= 4 is 11.6 Å². The van der Waals surface area contributed by atoms with Crippen LogP contribution in [0, 0.1) is 25.2 Å². The molecule has 0 nitrogen and oxygen atoms in total. The maximum Gasteiger partial charge on any atom is 0.00212 e. The largest absolute Gasteiger partial charge is 0.0905 e. The molecule has 2 atom stereocenters. The predicted octanol–water partition coefficient (Wildman–Crippen LogP) is 9.24. The highest BCUT2D eigenvalue weighted by molar-refractivity contribution is 5.86. The molecule has 2 unspecified atom stereocenters. The van der Waals surface area contributed by atoms with Gasteiger partial charge in [0.2, 0.25) is 0 Å². The first kappa shape index (κ1) is 23.6. The predicted molar refractivity (Wildman–Crippen MR) is 139 cm³/mol. The molecule has 1 saturated carbocycles. The van der Waals surface area contributed by atoms with E-state index >= 15 is 0 Å². The maximum absolute atomic E-state index is 4.69. The Balaban J connectivity index is 2.23. The van der Waals surface area contributed by atoms with E-state index in [1.54, 1.807) is 5.56 Å². The lowest BCUT2D eigenvalue weighted by Gasteiger charge is -2.30. The molecule has 1 fully saturated rings. The Morgan fingerprint density at radius 3 is 2.26 bits per heavy atom. The highest BCUT2D eigenvalue weighted by atomic mass is 14.7. The zero-order valence-electron chi connectivity index (χ0n) is 21.3. The molecule has 2 aromatic rings. The molecule has 0 aliphatic heterocycles. The standard InChI is InChI=1S/C31H42/c1-11-13-26-18-25(20(3)4)14-15-27(26)24(9)28-17-22(7)16-23(8)29(28)31(12-2)19-30(31,10)21(5)6/h11,13-18,20-21H,9,12,19H2,1-8,10H3/b13-11-. The van der Waals surface area contributed by atoms with Crippen molar-refractivity contribution in [2.24, 2.45) is 11.3 Å². The molecule has 1 aliphatic carbocycles. The number of benzene rings is 2. The summed E-state index contributed by atoms with van der Waals surface area (Å²) in [5.41, 5.74) is 11.3. The fourth-order valence-corrected chi connectivity index (χ4v) is 5.94. The van der Waals surface area contributed by atoms with Crippen LogP contribution in [-0.2, 0) is 5.41 Å². The first-order chi connectivity index (χ1) is 14.5. The second kappa shape index (κ2) is 8.45. The van der Waals surface area contributed by atoms with E-state index < -0.39 is 0 Å². The summed E-state index contributed by atoms with van der Waals surface area (Å²) in [5.74, 6) is 1.18. The zero-order chi connectivity index (χ0) is 23.1. The number of hydrogen-bond acceptors (Lipinski definition) is 0. The average molecular weight is 415 g/mol. The van der Waals surface area contributed by atoms with Gasteiger partial charge >= 0.3 is 0 Å². The van der Waals surface area contributed by atoms with E-state index in [0.717, 1.165) is 5.57 Å². The molecule has 0 aromatic heterocycles. The summed E-state index contributed by atoms with van der Waals surface area (Å²) in [5, 5.41) is 0. The number of allylic oxidation sites excluding steroid dienone is 1. The van der Waals surface area contributed by atoms with Crippen molar-refractivity contribution in [1.29, 1.82) is 0 Å². The topological polar surface area (TPSA) is 0 Å². The van der Waals surface area contributed by atoms with Crippen LogP contribution in [0.5, 0.6) is 0 Å². The summed E-state index contributed by atoms with van der Waals surface area (Å²) in [7, 11) is 0. The van der Waals surface area contributed by atoms with Crippen LogP contribution in [0.4, 0.5) is 0 Å². The van der Waals surface area contributed by atoms with Crippen LogP contribution in [0.1, 0.15) is 106 Å². The van der Waals surface area contributed by atoms with Gasteiger partial charge in [0.1, 0.15) is 0 Å². The summed E-state index contributed by atoms with van der Waals surface area (Å²) in [6.07, 6.45) is 6.83. The second-order valence-electron chi connectivity index (χ2n) is 10.7. The molecule has 0 heterocycles. The maximum atomic E-state index is 4.69. The van der Waals surface area contributed by atoms with Crippen LogP contribution in [-0.4, -0.2) is 0 Å². The molecule has 0 saturated heterocycles. The number of aryl methyl sites for hydroxylation is 2. The van der Waals surface area contributed by atoms with E-state index in [9.17, 15) is 0 Å². The summed E-state index contributed by atoms with van der Waals surface area (Å²) >= 11 is 0. The lowest BCUT2D eigenvalue weighted by molar-refractivity contribution is 0.326. The minimum Gasteiger partial charge on any atom is -0.0905 e. The van der Waals surface area contributed by atoms with Gasteiger partial charge < -0.3 is 0 Å². The van der Waals surface area contributed by atoms with Gasteiger partial charge in [0.25, 0.3) is 0 Å². The van der Waals surface area contributed by atoms with Gasteiger partial charge in [0.15, 0.2) is 0 Å². The third-order valence-electron chi connectivity index (χ3n) is 8.21. The van der Waals surface area contributed by atoms with E-state index in [0.29, 0.717) is 17.3 Å². The highest BCUT2D eigenvalue weighted by Gasteiger charge is 2.65. The van der Waals surface area contributed by atoms with Crippen molar-refractivity contribution < 1.29 is 0 Å². The molecule has 0 spiro atoms. The Bertz CT molecular complexity index is 1020. The summed E-state index contributed by atoms with van der Waals surface area (Å²) in [4.78, 5) is 0. The normalized spacial score (nSPS) is 23.2. The van der Waals surface area contributed by atoms with Gasteiger partial charge in [-0.3, -0.25) is 0 Å². The number of hydrogen-bond donors (Lipinski definition) is 0. The van der Waals surface area contributed by atoms with Gasteiger partial charge in [-0.25, -0.2) is 0 Å². The van der Waals surface area contributed by atoms with Crippen molar-refractivity contribution in [3.05, 3.63) is 81.9 Å². The van der Waals surface area contributed by atoms with Crippen LogP contribution in [0.2, 0.25) is 0 Å². The van der Waals surface area contributed by atoms with Crippen LogP contribution in [0.25, 0.3) is 11.6 Å². The zero-order valence-corrected chi connectivity index (χ0v) is 21.3. The molecule has 0 radical (unpaired) electrons. The molecule has 3 rings (SSSR count). The average Bonchev–Trinajstić information content (AvgIpc) is 3.34. The van der Waals surface area contributed by atoms with Gasteiger partial charge in [0.05, 0.1) is 0 Å². The third kappa shape index (κ3) is 3.84. The van der Waals surface area contributed by atoms with E-state index in [4.69, 9.17) is 0 Å². The second-order valence-corrected chi connectivity index (χ2v) is 10.7. The molecule has 1 aliphatic rings. The molecule has 166 valence electrons. The Kier molecular flexibility index (Phi) is 6.43. The lowest BCUT2D eigenvalue weighted by Crippen LogP contribution is -2.23. The van der Waals surface area contributed by atoms with Gasteiger partial charge in [-0.2, -0.15) is 0 Å². The molecule has 0 amide bonds. The van der Waals surface area contributed by atoms with Gasteiger partial charge in [-0.15, -0.1) is 0 Å². The van der Waals surface area contributed by atoms with Crippen molar-refractivity contribution in [1.82, 2.24) is 0 Å². The molecule has 31 heavy (non-hydrogen) atoms. The van der Waals surface area contributed by atoms with Crippen molar-refractivity contribution in [3.63, 3.8) is 0 Å². The van der Waals surface area contributed by atoms with Gasteiger partial charge in [0, 0.05) is 5.41 Å². The highest BCUT2D eigenvalue weighted by Crippen LogP contribution is 2.71. The van der Waals surface area contributed by atoms with Gasteiger partial charge in [-0.05, 0) is 89.8 Å². The SMILES string of the molecule is C=C(c1ccc(C(C)C)cc1/C=C\C)c1cc(C)cc(C)c1C1(CC)CC1(C)C(C)C. The van der Waals surface area contributed by atoms with Gasteiger partial charge in [-0.1, -0.05) is 96.2 Å². The van der Waals surface area contributed by atoms with Crippen LogP contribution in [0.3, 0.4) is 0 Å². The molecule has 0 heteroatoms. The lowest BCUT2D eigenvalue weighted by atomic mass is 9.74. The monoisotopic (exact) mass is 414 g/mol. The fourth-order valence-electron chi connectivity index (χ4n) is 5.94. The Morgan fingerprint density at radius 1 is 1.06 bits per heavy atom. The molecule has 0 N–H and O–H groups in total. The van der Waals surface area contributed by atoms with E-state index in [1.807, 2.05) is 0 Å². The van der Waals surface area contributed by atoms with E-state index in [2.05, 4.69) is 111 Å². The fraction of sp³-hybridized carbons (Fsp3) is 0.484. The van der Waals surface area contributed by atoms with Crippen molar-refractivity contribution in [3.8, 4) is 0 Å². The summed E-state index contributed by atoms with van der Waals surface area (Å²) in [6, 6.07) is 11.7. The van der Waals surface area contributed by atoms with Crippen LogP contribution < -0.4 is 0 Å². The molecular formula is C31H42. The van der Waals surface area contributed by atoms with Crippen LogP contribution >= 0.6 is 0 Å². The number of rotatable bonds is 7. The Labute approximate surface area is 191 Å². The van der Waals surface area contributed by atoms with E-state index in [1.165, 1.54) is 46.2 Å². The Morgan fingerprint density at radius 2 is 1.74 bits per heavy atom. The smallest absolute Gasteiger partial charge is 0.00212 e. The first-order valence-corrected chi connectivity index (χ1v) is 12.1. The van der Waals surface area contributed by atoms with Crippen molar-refractivity contribution in [2.45, 2.75) is 86.5 Å². The minimum absolute atomic E-state index is 0.246. The summed E-state index contributed by atoms with van der Waals surface area (Å²) in [6.45, 7) is 25.5. The van der Waals surface area contributed by atoms with Crippen LogP contribution in [0.15, 0.2) is 43.0 Å². The minimum atomic E-state index is 0.246. The third-order valence-corrected chi connectivity index (χ3v) is 8.21. The summed E-state index contributed by atoms with van der Waals surface area (Å²) < 4.78 is 0. The molecule has 2 aromatic carbocycles. The Hall–Kier alpha value is -2.08. The van der Waals surface area contributed by atoms with E-state index in [-0.39, 0.29) is 5.41 Å². The quantitative estimate of drug-likeness (QED) is 0.423. The van der Waals surface area contributed by atoms with Crippen molar-refractivity contribution in [2.75, 3.05) is 0 Å².